The summed E-state index contributed by atoms with van der Waals surface area (Å²) in [6, 6.07) is 13.5. The summed E-state index contributed by atoms with van der Waals surface area (Å²) in [7, 11) is 0. The quantitative estimate of drug-likeness (QED) is 0.686. The number of pyridine rings is 1. The largest absolute Gasteiger partial charge is 0.361 e. The second-order valence-electron chi connectivity index (χ2n) is 6.15. The van der Waals surface area contributed by atoms with Gasteiger partial charge < -0.3 is 15.2 Å². The van der Waals surface area contributed by atoms with Crippen LogP contribution in [-0.4, -0.2) is 39.8 Å². The van der Waals surface area contributed by atoms with E-state index in [1.165, 1.54) is 6.92 Å². The molecule has 1 aromatic carbocycles. The van der Waals surface area contributed by atoms with Gasteiger partial charge in [-0.2, -0.15) is 0 Å². The van der Waals surface area contributed by atoms with Crippen molar-refractivity contribution in [1.82, 2.24) is 20.2 Å². The zero-order valence-electron chi connectivity index (χ0n) is 14.7. The number of hydrogen-bond donors (Lipinski definition) is 2. The highest BCUT2D eigenvalue weighted by Crippen LogP contribution is 2.17. The summed E-state index contributed by atoms with van der Waals surface area (Å²) >= 11 is 0. The number of rotatable bonds is 7. The SMILES string of the molecule is CC(=O)N(CCNC(=O)Cc1c[nH]c2ccccc12)Cc1ccccn1. The Hall–Kier alpha value is -3.15. The van der Waals surface area contributed by atoms with Crippen molar-refractivity contribution in [2.75, 3.05) is 13.1 Å². The number of fused-ring (bicyclic) bond motifs is 1. The average molecular weight is 350 g/mol. The van der Waals surface area contributed by atoms with Crippen molar-refractivity contribution >= 4 is 22.7 Å². The zero-order chi connectivity index (χ0) is 18.4. The van der Waals surface area contributed by atoms with E-state index in [2.05, 4.69) is 15.3 Å². The normalized spacial score (nSPS) is 10.7. The Kier molecular flexibility index (Phi) is 5.63. The van der Waals surface area contributed by atoms with Crippen molar-refractivity contribution in [3.05, 3.63) is 66.1 Å². The van der Waals surface area contributed by atoms with Gasteiger partial charge in [-0.15, -0.1) is 0 Å². The van der Waals surface area contributed by atoms with Gasteiger partial charge in [-0.25, -0.2) is 0 Å². The van der Waals surface area contributed by atoms with Gasteiger partial charge in [-0.3, -0.25) is 14.6 Å². The van der Waals surface area contributed by atoms with E-state index in [-0.39, 0.29) is 11.8 Å². The third-order valence-corrected chi connectivity index (χ3v) is 4.25. The highest BCUT2D eigenvalue weighted by Gasteiger charge is 2.12. The molecule has 0 saturated carbocycles. The van der Waals surface area contributed by atoms with Gasteiger partial charge in [0.2, 0.25) is 11.8 Å². The highest BCUT2D eigenvalue weighted by atomic mass is 16.2. The van der Waals surface area contributed by atoms with Crippen LogP contribution in [-0.2, 0) is 22.6 Å². The Bertz CT molecular complexity index is 889. The van der Waals surface area contributed by atoms with E-state index in [0.29, 0.717) is 26.1 Å². The molecule has 26 heavy (non-hydrogen) atoms. The lowest BCUT2D eigenvalue weighted by Crippen LogP contribution is -2.37. The molecule has 0 atom stereocenters. The lowest BCUT2D eigenvalue weighted by atomic mass is 10.1. The number of nitrogens with zero attached hydrogens (tertiary/aromatic N) is 2. The van der Waals surface area contributed by atoms with E-state index in [4.69, 9.17) is 0 Å². The molecule has 2 N–H and O–H groups in total. The highest BCUT2D eigenvalue weighted by molar-refractivity contribution is 5.88. The standard InChI is InChI=1S/C20H22N4O2/c1-15(25)24(14-17-6-4-5-9-21-17)11-10-22-20(26)12-16-13-23-19-8-3-2-7-18(16)19/h2-9,13,23H,10-12,14H2,1H3,(H,22,26). The summed E-state index contributed by atoms with van der Waals surface area (Å²) in [6.07, 6.45) is 3.88. The van der Waals surface area contributed by atoms with Gasteiger partial charge in [0.15, 0.2) is 0 Å². The smallest absolute Gasteiger partial charge is 0.224 e. The summed E-state index contributed by atoms with van der Waals surface area (Å²) in [4.78, 5) is 33.1. The minimum atomic E-state index is -0.0592. The molecule has 0 radical (unpaired) electrons. The Labute approximate surface area is 152 Å². The minimum absolute atomic E-state index is 0.0402. The number of nitrogens with one attached hydrogen (secondary N) is 2. The van der Waals surface area contributed by atoms with Crippen molar-refractivity contribution in [2.24, 2.45) is 0 Å². The summed E-state index contributed by atoms with van der Waals surface area (Å²) in [5.41, 5.74) is 2.82. The Morgan fingerprint density at radius 2 is 1.96 bits per heavy atom. The molecule has 2 amide bonds. The van der Waals surface area contributed by atoms with Gasteiger partial charge in [0.1, 0.15) is 0 Å². The monoisotopic (exact) mass is 350 g/mol. The average Bonchev–Trinajstić information content (AvgIpc) is 3.04. The van der Waals surface area contributed by atoms with Crippen LogP contribution in [0, 0.1) is 0 Å². The van der Waals surface area contributed by atoms with Crippen LogP contribution >= 0.6 is 0 Å². The second kappa shape index (κ2) is 8.29. The fourth-order valence-corrected chi connectivity index (χ4v) is 2.88. The van der Waals surface area contributed by atoms with E-state index in [1.54, 1.807) is 11.1 Å². The van der Waals surface area contributed by atoms with Crippen LogP contribution in [0.15, 0.2) is 54.9 Å². The molecule has 134 valence electrons. The topological polar surface area (TPSA) is 78.1 Å². The van der Waals surface area contributed by atoms with Crippen LogP contribution < -0.4 is 5.32 Å². The Morgan fingerprint density at radius 3 is 2.73 bits per heavy atom. The minimum Gasteiger partial charge on any atom is -0.361 e. The van der Waals surface area contributed by atoms with Crippen LogP contribution in [0.4, 0.5) is 0 Å². The molecule has 0 saturated heterocycles. The lowest BCUT2D eigenvalue weighted by Gasteiger charge is -2.20. The predicted octanol–water partition coefficient (Wildman–Crippen LogP) is 2.27. The van der Waals surface area contributed by atoms with E-state index >= 15 is 0 Å². The van der Waals surface area contributed by atoms with Crippen LogP contribution in [0.3, 0.4) is 0 Å². The Morgan fingerprint density at radius 1 is 1.15 bits per heavy atom. The number of aromatic nitrogens is 2. The molecule has 2 aromatic heterocycles. The van der Waals surface area contributed by atoms with Gasteiger partial charge in [-0.05, 0) is 23.8 Å². The third-order valence-electron chi connectivity index (χ3n) is 4.25. The maximum atomic E-state index is 12.2. The second-order valence-corrected chi connectivity index (χ2v) is 6.15. The third kappa shape index (κ3) is 4.47. The van der Waals surface area contributed by atoms with Crippen molar-refractivity contribution in [1.29, 1.82) is 0 Å². The van der Waals surface area contributed by atoms with Crippen LogP contribution in [0.25, 0.3) is 10.9 Å². The van der Waals surface area contributed by atoms with Crippen molar-refractivity contribution in [3.63, 3.8) is 0 Å². The van der Waals surface area contributed by atoms with E-state index in [1.807, 2.05) is 48.7 Å². The van der Waals surface area contributed by atoms with E-state index < -0.39 is 0 Å². The molecule has 6 nitrogen and oxygen atoms in total. The summed E-state index contributed by atoms with van der Waals surface area (Å²) < 4.78 is 0. The maximum Gasteiger partial charge on any atom is 0.224 e. The zero-order valence-corrected chi connectivity index (χ0v) is 14.7. The summed E-state index contributed by atoms with van der Waals surface area (Å²) in [5.74, 6) is -0.0994. The molecule has 0 unspecified atom stereocenters. The van der Waals surface area contributed by atoms with Gasteiger partial charge in [0.25, 0.3) is 0 Å². The van der Waals surface area contributed by atoms with Crippen LogP contribution in [0.5, 0.6) is 0 Å². The molecular formula is C20H22N4O2. The maximum absolute atomic E-state index is 12.2. The molecule has 6 heteroatoms. The Balaban J connectivity index is 1.51. The molecule has 0 aliphatic heterocycles. The molecule has 0 aliphatic rings. The van der Waals surface area contributed by atoms with Crippen LogP contribution in [0.2, 0.25) is 0 Å². The molecule has 0 fully saturated rings. The molecule has 2 heterocycles. The first kappa shape index (κ1) is 17.7. The molecule has 0 aliphatic carbocycles. The molecule has 0 spiro atoms. The van der Waals surface area contributed by atoms with Crippen molar-refractivity contribution in [3.8, 4) is 0 Å². The molecule has 0 bridgehead atoms. The number of para-hydroxylation sites is 1. The van der Waals surface area contributed by atoms with E-state index in [9.17, 15) is 9.59 Å². The summed E-state index contributed by atoms with van der Waals surface area (Å²) in [5, 5.41) is 3.95. The molecule has 3 aromatic rings. The van der Waals surface area contributed by atoms with E-state index in [0.717, 1.165) is 22.2 Å². The summed E-state index contributed by atoms with van der Waals surface area (Å²) in [6.45, 7) is 2.82. The number of carbonyl (C=O) groups is 2. The van der Waals surface area contributed by atoms with Crippen molar-refractivity contribution in [2.45, 2.75) is 19.9 Å². The van der Waals surface area contributed by atoms with Crippen molar-refractivity contribution < 1.29 is 9.59 Å². The predicted molar refractivity (Wildman–Crippen MR) is 100 cm³/mol. The number of hydrogen-bond acceptors (Lipinski definition) is 3. The molecule has 3 rings (SSSR count). The number of aromatic amines is 1. The first-order chi connectivity index (χ1) is 12.6. The first-order valence-electron chi connectivity index (χ1n) is 8.60. The molecular weight excluding hydrogens is 328 g/mol. The van der Waals surface area contributed by atoms with Gasteiger partial charge in [0.05, 0.1) is 18.7 Å². The van der Waals surface area contributed by atoms with Gasteiger partial charge in [-0.1, -0.05) is 24.3 Å². The number of carbonyl (C=O) groups excluding carboxylic acids is 2. The van der Waals surface area contributed by atoms with Gasteiger partial charge >= 0.3 is 0 Å². The fourth-order valence-electron chi connectivity index (χ4n) is 2.88. The lowest BCUT2D eigenvalue weighted by molar-refractivity contribution is -0.130. The fraction of sp³-hybridized carbons (Fsp3) is 0.250. The first-order valence-corrected chi connectivity index (χ1v) is 8.60. The number of amides is 2. The number of benzene rings is 1. The van der Waals surface area contributed by atoms with Crippen LogP contribution in [0.1, 0.15) is 18.2 Å². The number of H-pyrrole nitrogens is 1. The van der Waals surface area contributed by atoms with Gasteiger partial charge in [0, 0.05) is 43.3 Å².